The van der Waals surface area contributed by atoms with E-state index in [1.165, 1.54) is 12.1 Å². The number of aryl methyl sites for hydroxylation is 1. The minimum Gasteiger partial charge on any atom is -0.465 e. The number of hydrogen-bond acceptors (Lipinski definition) is 5. The molecule has 2 aromatic rings. The van der Waals surface area contributed by atoms with E-state index in [0.29, 0.717) is 12.1 Å². The van der Waals surface area contributed by atoms with Crippen LogP contribution in [0, 0.1) is 17.0 Å². The Morgan fingerprint density at radius 2 is 1.95 bits per heavy atom. The Labute approximate surface area is 122 Å². The molecular weight excluding hydrogens is 272 g/mol. The second-order valence-corrected chi connectivity index (χ2v) is 4.94. The minimum atomic E-state index is -0.732. The summed E-state index contributed by atoms with van der Waals surface area (Å²) in [5, 5.41) is 23.8. The molecule has 0 aliphatic carbocycles. The van der Waals surface area contributed by atoms with Crippen LogP contribution in [-0.2, 0) is 0 Å². The summed E-state index contributed by atoms with van der Waals surface area (Å²) in [7, 11) is 0. The van der Waals surface area contributed by atoms with Gasteiger partial charge in [0.15, 0.2) is 0 Å². The van der Waals surface area contributed by atoms with E-state index in [9.17, 15) is 15.2 Å². The van der Waals surface area contributed by atoms with Gasteiger partial charge < -0.3 is 14.8 Å². The molecule has 112 valence electrons. The van der Waals surface area contributed by atoms with Crippen LogP contribution >= 0.6 is 0 Å². The van der Waals surface area contributed by atoms with Crippen molar-refractivity contribution in [2.75, 3.05) is 6.54 Å². The molecule has 6 heteroatoms. The standard InChI is InChI=1S/C15H18N2O4/c1-10-3-8-15(21-10)11(2)16-9-14(18)12-4-6-13(7-5-12)17(19)20/h3-8,11,14,16,18H,9H2,1-2H3. The predicted molar refractivity (Wildman–Crippen MR) is 77.9 cm³/mol. The summed E-state index contributed by atoms with van der Waals surface area (Å²) < 4.78 is 5.51. The highest BCUT2D eigenvalue weighted by Gasteiger charge is 2.14. The zero-order chi connectivity index (χ0) is 15.4. The fraction of sp³-hybridized carbons (Fsp3) is 0.333. The molecule has 0 aliphatic heterocycles. The molecule has 0 spiro atoms. The number of furan rings is 1. The molecule has 1 aromatic heterocycles. The van der Waals surface area contributed by atoms with E-state index in [4.69, 9.17) is 4.42 Å². The molecule has 6 nitrogen and oxygen atoms in total. The van der Waals surface area contributed by atoms with Gasteiger partial charge in [-0.2, -0.15) is 0 Å². The van der Waals surface area contributed by atoms with Gasteiger partial charge in [0.2, 0.25) is 0 Å². The van der Waals surface area contributed by atoms with Crippen molar-refractivity contribution in [2.24, 2.45) is 0 Å². The lowest BCUT2D eigenvalue weighted by atomic mass is 10.1. The van der Waals surface area contributed by atoms with Crippen molar-refractivity contribution in [3.8, 4) is 0 Å². The SMILES string of the molecule is Cc1ccc(C(C)NCC(O)c2ccc([N+](=O)[O-])cc2)o1. The normalized spacial score (nSPS) is 13.9. The molecule has 1 aromatic carbocycles. The molecule has 2 N–H and O–H groups in total. The fourth-order valence-electron chi connectivity index (χ4n) is 2.01. The Hall–Kier alpha value is -2.18. The lowest BCUT2D eigenvalue weighted by Crippen LogP contribution is -2.24. The number of nitro benzene ring substituents is 1. The maximum atomic E-state index is 10.6. The van der Waals surface area contributed by atoms with Gasteiger partial charge in [0.05, 0.1) is 17.1 Å². The molecule has 21 heavy (non-hydrogen) atoms. The molecule has 2 unspecified atom stereocenters. The van der Waals surface area contributed by atoms with Crippen LogP contribution in [0.5, 0.6) is 0 Å². The lowest BCUT2D eigenvalue weighted by molar-refractivity contribution is -0.384. The number of aliphatic hydroxyl groups excluding tert-OH is 1. The van der Waals surface area contributed by atoms with Crippen molar-refractivity contribution in [3.05, 3.63) is 63.6 Å². The smallest absolute Gasteiger partial charge is 0.269 e. The molecule has 0 radical (unpaired) electrons. The summed E-state index contributed by atoms with van der Waals surface area (Å²) in [6, 6.07) is 9.66. The quantitative estimate of drug-likeness (QED) is 0.631. The number of aliphatic hydroxyl groups is 1. The average Bonchev–Trinajstić information content (AvgIpc) is 2.91. The maximum Gasteiger partial charge on any atom is 0.269 e. The molecule has 0 bridgehead atoms. The first kappa shape index (κ1) is 15.2. The lowest BCUT2D eigenvalue weighted by Gasteiger charge is -2.16. The van der Waals surface area contributed by atoms with Crippen LogP contribution in [0.3, 0.4) is 0 Å². The summed E-state index contributed by atoms with van der Waals surface area (Å²) in [4.78, 5) is 10.1. The van der Waals surface area contributed by atoms with E-state index in [0.717, 1.165) is 11.5 Å². The van der Waals surface area contributed by atoms with Crippen molar-refractivity contribution in [1.29, 1.82) is 0 Å². The molecule has 0 saturated heterocycles. The highest BCUT2D eigenvalue weighted by Crippen LogP contribution is 2.19. The Kier molecular flexibility index (Phi) is 4.72. The van der Waals surface area contributed by atoms with Gasteiger partial charge in [-0.05, 0) is 43.7 Å². The number of nitro groups is 1. The number of nitrogens with one attached hydrogen (secondary N) is 1. The first-order valence-corrected chi connectivity index (χ1v) is 6.69. The number of nitrogens with zero attached hydrogens (tertiary/aromatic N) is 1. The van der Waals surface area contributed by atoms with Gasteiger partial charge >= 0.3 is 0 Å². The van der Waals surface area contributed by atoms with Gasteiger partial charge in [-0.25, -0.2) is 0 Å². The summed E-state index contributed by atoms with van der Waals surface area (Å²) in [5.74, 6) is 1.65. The van der Waals surface area contributed by atoms with Gasteiger partial charge in [0.25, 0.3) is 5.69 Å². The van der Waals surface area contributed by atoms with E-state index in [1.807, 2.05) is 26.0 Å². The number of benzene rings is 1. The molecule has 1 heterocycles. The number of hydrogen-bond donors (Lipinski definition) is 2. The molecule has 2 rings (SSSR count). The van der Waals surface area contributed by atoms with Crippen LogP contribution < -0.4 is 5.32 Å². The van der Waals surface area contributed by atoms with Crippen LogP contribution in [0.1, 0.15) is 36.2 Å². The molecule has 0 saturated carbocycles. The van der Waals surface area contributed by atoms with E-state index >= 15 is 0 Å². The summed E-state index contributed by atoms with van der Waals surface area (Å²) >= 11 is 0. The van der Waals surface area contributed by atoms with Crippen LogP contribution in [0.2, 0.25) is 0 Å². The third kappa shape index (κ3) is 3.90. The topological polar surface area (TPSA) is 88.5 Å². The molecule has 0 aliphatic rings. The largest absolute Gasteiger partial charge is 0.465 e. The molecular formula is C15H18N2O4. The van der Waals surface area contributed by atoms with E-state index in [2.05, 4.69) is 5.32 Å². The van der Waals surface area contributed by atoms with Gasteiger partial charge in [-0.3, -0.25) is 10.1 Å². The van der Waals surface area contributed by atoms with E-state index in [1.54, 1.807) is 12.1 Å². The Morgan fingerprint density at radius 3 is 2.48 bits per heavy atom. The first-order chi connectivity index (χ1) is 9.97. The molecule has 0 fully saturated rings. The minimum absolute atomic E-state index is 0.0124. The van der Waals surface area contributed by atoms with Crippen LogP contribution in [-0.4, -0.2) is 16.6 Å². The van der Waals surface area contributed by atoms with Crippen LogP contribution in [0.15, 0.2) is 40.8 Å². The number of non-ortho nitro benzene ring substituents is 1. The van der Waals surface area contributed by atoms with E-state index < -0.39 is 11.0 Å². The Balaban J connectivity index is 1.92. The van der Waals surface area contributed by atoms with Crippen molar-refractivity contribution in [2.45, 2.75) is 26.0 Å². The fourth-order valence-corrected chi connectivity index (χ4v) is 2.01. The monoisotopic (exact) mass is 290 g/mol. The number of rotatable bonds is 6. The van der Waals surface area contributed by atoms with Crippen molar-refractivity contribution in [3.63, 3.8) is 0 Å². The van der Waals surface area contributed by atoms with Crippen LogP contribution in [0.25, 0.3) is 0 Å². The van der Waals surface area contributed by atoms with Gasteiger partial charge in [-0.15, -0.1) is 0 Å². The third-order valence-electron chi connectivity index (χ3n) is 3.29. The van der Waals surface area contributed by atoms with Crippen molar-refractivity contribution < 1.29 is 14.4 Å². The summed E-state index contributed by atoms with van der Waals surface area (Å²) in [6.45, 7) is 4.15. The second kappa shape index (κ2) is 6.51. The molecule has 2 atom stereocenters. The highest BCUT2D eigenvalue weighted by molar-refractivity contribution is 5.33. The van der Waals surface area contributed by atoms with Crippen molar-refractivity contribution >= 4 is 5.69 Å². The average molecular weight is 290 g/mol. The predicted octanol–water partition coefficient (Wildman–Crippen LogP) is 2.88. The van der Waals surface area contributed by atoms with Gasteiger partial charge in [0, 0.05) is 18.7 Å². The highest BCUT2D eigenvalue weighted by atomic mass is 16.6. The summed E-state index contributed by atoms with van der Waals surface area (Å²) in [6.07, 6.45) is -0.732. The van der Waals surface area contributed by atoms with Gasteiger partial charge in [0.1, 0.15) is 11.5 Å². The van der Waals surface area contributed by atoms with Gasteiger partial charge in [-0.1, -0.05) is 0 Å². The first-order valence-electron chi connectivity index (χ1n) is 6.69. The van der Waals surface area contributed by atoms with E-state index in [-0.39, 0.29) is 11.7 Å². The molecule has 0 amide bonds. The zero-order valence-electron chi connectivity index (χ0n) is 11.9. The zero-order valence-corrected chi connectivity index (χ0v) is 11.9. The maximum absolute atomic E-state index is 10.6. The Morgan fingerprint density at radius 1 is 1.29 bits per heavy atom. The second-order valence-electron chi connectivity index (χ2n) is 4.94. The Bertz CT molecular complexity index is 606. The van der Waals surface area contributed by atoms with Crippen molar-refractivity contribution in [1.82, 2.24) is 5.32 Å². The van der Waals surface area contributed by atoms with Crippen LogP contribution in [0.4, 0.5) is 5.69 Å². The summed E-state index contributed by atoms with van der Waals surface area (Å²) in [5.41, 5.74) is 0.647. The third-order valence-corrected chi connectivity index (χ3v) is 3.29.